The van der Waals surface area contributed by atoms with E-state index in [4.69, 9.17) is 0 Å². The van der Waals surface area contributed by atoms with Crippen LogP contribution in [0.25, 0.3) is 0 Å². The van der Waals surface area contributed by atoms with Gasteiger partial charge >= 0.3 is 0 Å². The standard InChI is InChI=1S/C10H9N3S/c1-2-4-9-8(3-1)5-14-6-10-12-11-7-13(9)10/h1-4,6H,5,7H2. The lowest BCUT2D eigenvalue weighted by Gasteiger charge is -2.17. The molecule has 0 aliphatic carbocycles. The number of rotatable bonds is 0. The first-order chi connectivity index (χ1) is 6.95. The molecule has 0 atom stereocenters. The lowest BCUT2D eigenvalue weighted by molar-refractivity contribution is 0.999. The van der Waals surface area contributed by atoms with E-state index in [0.717, 1.165) is 11.6 Å². The molecular weight excluding hydrogens is 194 g/mol. The Labute approximate surface area is 86.5 Å². The fraction of sp³-hybridized carbons (Fsp3) is 0.200. The second kappa shape index (κ2) is 3.13. The molecule has 0 fully saturated rings. The minimum Gasteiger partial charge on any atom is -0.302 e. The summed E-state index contributed by atoms with van der Waals surface area (Å²) < 4.78 is 0. The van der Waals surface area contributed by atoms with Crippen LogP contribution in [0.4, 0.5) is 5.69 Å². The summed E-state index contributed by atoms with van der Waals surface area (Å²) in [6.45, 7) is 0.656. The van der Waals surface area contributed by atoms with Gasteiger partial charge in [0.1, 0.15) is 6.67 Å². The second-order valence-electron chi connectivity index (χ2n) is 3.23. The fourth-order valence-corrected chi connectivity index (χ4v) is 2.51. The van der Waals surface area contributed by atoms with Crippen LogP contribution in [0.3, 0.4) is 0 Å². The fourth-order valence-electron chi connectivity index (χ4n) is 1.68. The van der Waals surface area contributed by atoms with Gasteiger partial charge in [-0.15, -0.1) is 16.9 Å². The molecule has 0 N–H and O–H groups in total. The number of anilines is 1. The van der Waals surface area contributed by atoms with Crippen molar-refractivity contribution in [1.82, 2.24) is 0 Å². The molecule has 14 heavy (non-hydrogen) atoms. The molecule has 4 heteroatoms. The summed E-state index contributed by atoms with van der Waals surface area (Å²) in [5, 5.41) is 10.2. The highest BCUT2D eigenvalue weighted by Gasteiger charge is 2.21. The van der Waals surface area contributed by atoms with Crippen molar-refractivity contribution in [3.05, 3.63) is 41.1 Å². The first-order valence-electron chi connectivity index (χ1n) is 4.50. The first-order valence-corrected chi connectivity index (χ1v) is 5.55. The SMILES string of the molecule is C1=C2N=NCN2c2ccccc2CS1. The Balaban J connectivity index is 2.13. The predicted octanol–water partition coefficient (Wildman–Crippen LogP) is 2.96. The van der Waals surface area contributed by atoms with Gasteiger partial charge in [0.2, 0.25) is 0 Å². The second-order valence-corrected chi connectivity index (χ2v) is 4.08. The maximum absolute atomic E-state index is 4.11. The molecule has 2 heterocycles. The zero-order chi connectivity index (χ0) is 9.38. The molecule has 1 aromatic rings. The molecule has 0 radical (unpaired) electrons. The number of hydrogen-bond acceptors (Lipinski definition) is 4. The highest BCUT2D eigenvalue weighted by atomic mass is 32.2. The minimum absolute atomic E-state index is 0.656. The van der Waals surface area contributed by atoms with Gasteiger partial charge < -0.3 is 4.90 Å². The van der Waals surface area contributed by atoms with Crippen LogP contribution in [0, 0.1) is 0 Å². The summed E-state index contributed by atoms with van der Waals surface area (Å²) in [6, 6.07) is 8.43. The van der Waals surface area contributed by atoms with E-state index in [9.17, 15) is 0 Å². The highest BCUT2D eigenvalue weighted by Crippen LogP contribution is 2.34. The van der Waals surface area contributed by atoms with Gasteiger partial charge in [-0.25, -0.2) is 0 Å². The van der Waals surface area contributed by atoms with Crippen LogP contribution in [-0.2, 0) is 5.75 Å². The summed E-state index contributed by atoms with van der Waals surface area (Å²) in [5.41, 5.74) is 2.60. The van der Waals surface area contributed by atoms with E-state index < -0.39 is 0 Å². The topological polar surface area (TPSA) is 28.0 Å². The van der Waals surface area contributed by atoms with Crippen molar-refractivity contribution in [3.63, 3.8) is 0 Å². The molecule has 0 amide bonds. The molecule has 0 bridgehead atoms. The monoisotopic (exact) mass is 203 g/mol. The van der Waals surface area contributed by atoms with E-state index >= 15 is 0 Å². The largest absolute Gasteiger partial charge is 0.302 e. The van der Waals surface area contributed by atoms with Gasteiger partial charge in [-0.1, -0.05) is 18.2 Å². The van der Waals surface area contributed by atoms with Gasteiger partial charge in [-0.05, 0) is 11.6 Å². The molecule has 3 rings (SSSR count). The summed E-state index contributed by atoms with van der Waals surface area (Å²) in [5.74, 6) is 1.99. The van der Waals surface area contributed by atoms with E-state index in [0.29, 0.717) is 6.67 Å². The van der Waals surface area contributed by atoms with Crippen LogP contribution in [0.15, 0.2) is 45.7 Å². The van der Waals surface area contributed by atoms with Crippen molar-refractivity contribution in [2.24, 2.45) is 10.2 Å². The summed E-state index contributed by atoms with van der Waals surface area (Å²) in [7, 11) is 0. The molecule has 0 aromatic heterocycles. The van der Waals surface area contributed by atoms with Gasteiger partial charge in [0.15, 0.2) is 5.82 Å². The van der Waals surface area contributed by atoms with Gasteiger partial charge in [0, 0.05) is 16.8 Å². The summed E-state index contributed by atoms with van der Waals surface area (Å²) >= 11 is 1.78. The van der Waals surface area contributed by atoms with Crippen LogP contribution in [0.5, 0.6) is 0 Å². The van der Waals surface area contributed by atoms with E-state index in [1.165, 1.54) is 11.3 Å². The van der Waals surface area contributed by atoms with Gasteiger partial charge in [-0.2, -0.15) is 5.11 Å². The van der Waals surface area contributed by atoms with Crippen molar-refractivity contribution in [3.8, 4) is 0 Å². The van der Waals surface area contributed by atoms with Gasteiger partial charge in [0.05, 0.1) is 0 Å². The molecule has 0 unspecified atom stereocenters. The highest BCUT2D eigenvalue weighted by molar-refractivity contribution is 8.01. The average molecular weight is 203 g/mol. The number of benzene rings is 1. The average Bonchev–Trinajstić information content (AvgIpc) is 2.61. The molecule has 3 nitrogen and oxygen atoms in total. The minimum atomic E-state index is 0.656. The molecule has 70 valence electrons. The van der Waals surface area contributed by atoms with Crippen LogP contribution < -0.4 is 4.90 Å². The van der Waals surface area contributed by atoms with Gasteiger partial charge in [-0.3, -0.25) is 0 Å². The van der Waals surface area contributed by atoms with E-state index in [-0.39, 0.29) is 0 Å². The lowest BCUT2D eigenvalue weighted by atomic mass is 10.2. The third-order valence-electron chi connectivity index (χ3n) is 2.36. The Morgan fingerprint density at radius 3 is 3.21 bits per heavy atom. The van der Waals surface area contributed by atoms with E-state index in [2.05, 4.69) is 44.8 Å². The van der Waals surface area contributed by atoms with Gasteiger partial charge in [0.25, 0.3) is 0 Å². The quantitative estimate of drug-likeness (QED) is 0.648. The molecule has 0 saturated carbocycles. The van der Waals surface area contributed by atoms with Crippen molar-refractivity contribution in [1.29, 1.82) is 0 Å². The number of fused-ring (bicyclic) bond motifs is 3. The maximum Gasteiger partial charge on any atom is 0.163 e. The zero-order valence-corrected chi connectivity index (χ0v) is 8.37. The Kier molecular flexibility index (Phi) is 1.80. The van der Waals surface area contributed by atoms with Crippen molar-refractivity contribution in [2.45, 2.75) is 5.75 Å². The molecule has 0 saturated heterocycles. The van der Waals surface area contributed by atoms with Crippen LogP contribution in [0.2, 0.25) is 0 Å². The molecule has 2 aliphatic heterocycles. The molecule has 1 aromatic carbocycles. The Hall–Kier alpha value is -1.29. The number of thioether (sulfide) groups is 1. The Morgan fingerprint density at radius 1 is 1.29 bits per heavy atom. The maximum atomic E-state index is 4.11. The molecule has 2 aliphatic rings. The van der Waals surface area contributed by atoms with Crippen molar-refractivity contribution >= 4 is 17.4 Å². The molecule has 0 spiro atoms. The number of hydrogen-bond donors (Lipinski definition) is 0. The third-order valence-corrected chi connectivity index (χ3v) is 3.22. The Morgan fingerprint density at radius 2 is 2.21 bits per heavy atom. The number of azo groups is 1. The number of nitrogens with zero attached hydrogens (tertiary/aromatic N) is 3. The van der Waals surface area contributed by atoms with Crippen LogP contribution in [-0.4, -0.2) is 6.67 Å². The normalized spacial score (nSPS) is 18.6. The zero-order valence-electron chi connectivity index (χ0n) is 7.55. The first kappa shape index (κ1) is 8.05. The van der Waals surface area contributed by atoms with Crippen LogP contribution in [0.1, 0.15) is 5.56 Å². The smallest absolute Gasteiger partial charge is 0.163 e. The van der Waals surface area contributed by atoms with Crippen LogP contribution >= 0.6 is 11.8 Å². The predicted molar refractivity (Wildman–Crippen MR) is 58.0 cm³/mol. The Bertz CT molecular complexity index is 425. The van der Waals surface area contributed by atoms with Crippen molar-refractivity contribution < 1.29 is 0 Å². The summed E-state index contributed by atoms with van der Waals surface area (Å²) in [4.78, 5) is 2.15. The summed E-state index contributed by atoms with van der Waals surface area (Å²) in [6.07, 6.45) is 0. The lowest BCUT2D eigenvalue weighted by Crippen LogP contribution is -2.17. The van der Waals surface area contributed by atoms with E-state index in [1.54, 1.807) is 11.8 Å². The number of para-hydroxylation sites is 1. The third kappa shape index (κ3) is 1.14. The van der Waals surface area contributed by atoms with Crippen molar-refractivity contribution in [2.75, 3.05) is 11.6 Å². The molecular formula is C10H9N3S. The van der Waals surface area contributed by atoms with E-state index in [1.807, 2.05) is 0 Å².